The predicted molar refractivity (Wildman–Crippen MR) is 106 cm³/mol. The molecule has 1 aliphatic heterocycles. The maximum absolute atomic E-state index is 14.0. The van der Waals surface area contributed by atoms with Crippen molar-refractivity contribution in [2.45, 2.75) is 92.1 Å². The van der Waals surface area contributed by atoms with Gasteiger partial charge < -0.3 is 9.47 Å². The molecule has 2 aliphatic carbocycles. The fourth-order valence-electron chi connectivity index (χ4n) is 5.57. The van der Waals surface area contributed by atoms with Crippen LogP contribution in [0.2, 0.25) is 0 Å². The van der Waals surface area contributed by atoms with E-state index in [9.17, 15) is 14.4 Å². The Kier molecular flexibility index (Phi) is 4.65. The number of ketones is 3. The minimum Gasteiger partial charge on any atom is -0.344 e. The van der Waals surface area contributed by atoms with Crippen LogP contribution in [0.3, 0.4) is 0 Å². The van der Waals surface area contributed by atoms with Gasteiger partial charge in [-0.1, -0.05) is 33.8 Å². The van der Waals surface area contributed by atoms with Crippen molar-refractivity contribution in [3.8, 4) is 0 Å². The average molecular weight is 391 g/mol. The van der Waals surface area contributed by atoms with Gasteiger partial charge in [0.2, 0.25) is 0 Å². The van der Waals surface area contributed by atoms with E-state index in [0.29, 0.717) is 19.3 Å². The second kappa shape index (κ2) is 6.09. The highest BCUT2D eigenvalue weighted by atomic mass is 16.8. The number of hydrogen-bond donors (Lipinski definition) is 0. The molecule has 5 nitrogen and oxygen atoms in total. The Morgan fingerprint density at radius 3 is 2.21 bits per heavy atom. The Hall–Kier alpha value is -1.33. The van der Waals surface area contributed by atoms with Crippen molar-refractivity contribution < 1.29 is 23.9 Å². The lowest BCUT2D eigenvalue weighted by Crippen LogP contribution is -2.66. The van der Waals surface area contributed by atoms with Crippen molar-refractivity contribution in [2.24, 2.45) is 22.2 Å². The van der Waals surface area contributed by atoms with Crippen LogP contribution in [-0.4, -0.2) is 34.8 Å². The van der Waals surface area contributed by atoms with Gasteiger partial charge in [0.15, 0.2) is 28.6 Å². The maximum atomic E-state index is 14.0. The van der Waals surface area contributed by atoms with E-state index in [-0.39, 0.29) is 23.5 Å². The minimum atomic E-state index is -1.60. The second-order valence-electron chi connectivity index (χ2n) is 10.8. The Bertz CT molecular complexity index is 757. The van der Waals surface area contributed by atoms with Gasteiger partial charge in [0.1, 0.15) is 0 Å². The van der Waals surface area contributed by atoms with Gasteiger partial charge >= 0.3 is 0 Å². The first-order valence-corrected chi connectivity index (χ1v) is 10.3. The zero-order chi connectivity index (χ0) is 21.3. The van der Waals surface area contributed by atoms with Crippen LogP contribution in [0, 0.1) is 22.2 Å². The standard InChI is InChI=1S/C23H34O5/c1-14(2)17(25)23-15(24)9-10-22(18(23)26,12-11-19(23,3)4)13-16-20(5,6)28-21(7,8)27-16/h9-10,14,16H,11-13H2,1-8H3/t16-,22-,23+/m1/s1. The fourth-order valence-corrected chi connectivity index (χ4v) is 5.57. The van der Waals surface area contributed by atoms with Crippen LogP contribution in [0.5, 0.6) is 0 Å². The van der Waals surface area contributed by atoms with Crippen molar-refractivity contribution in [1.82, 2.24) is 0 Å². The van der Waals surface area contributed by atoms with Gasteiger partial charge in [-0.15, -0.1) is 0 Å². The molecule has 1 saturated heterocycles. The van der Waals surface area contributed by atoms with Crippen LogP contribution in [0.15, 0.2) is 12.2 Å². The summed E-state index contributed by atoms with van der Waals surface area (Å²) in [6.45, 7) is 15.0. The number of hydrogen-bond acceptors (Lipinski definition) is 5. The molecule has 3 rings (SSSR count). The first-order chi connectivity index (χ1) is 12.6. The van der Waals surface area contributed by atoms with Crippen LogP contribution in [0.4, 0.5) is 0 Å². The lowest BCUT2D eigenvalue weighted by molar-refractivity contribution is -0.172. The highest BCUT2D eigenvalue weighted by Crippen LogP contribution is 2.60. The van der Waals surface area contributed by atoms with Crippen molar-refractivity contribution in [3.05, 3.63) is 12.2 Å². The summed E-state index contributed by atoms with van der Waals surface area (Å²) in [5.74, 6) is -1.99. The van der Waals surface area contributed by atoms with Crippen molar-refractivity contribution in [2.75, 3.05) is 0 Å². The fraction of sp³-hybridized carbons (Fsp3) is 0.783. The Labute approximate surface area is 168 Å². The summed E-state index contributed by atoms with van der Waals surface area (Å²) in [7, 11) is 0. The molecule has 2 fully saturated rings. The predicted octanol–water partition coefficient (Wildman–Crippen LogP) is 4.03. The molecule has 0 amide bonds. The average Bonchev–Trinajstić information content (AvgIpc) is 2.74. The third-order valence-electron chi connectivity index (χ3n) is 7.08. The molecule has 0 unspecified atom stereocenters. The van der Waals surface area contributed by atoms with Crippen molar-refractivity contribution >= 4 is 17.3 Å². The first kappa shape index (κ1) is 21.4. The lowest BCUT2D eigenvalue weighted by Gasteiger charge is -2.55. The van der Waals surface area contributed by atoms with E-state index >= 15 is 0 Å². The number of allylic oxidation sites excluding steroid dienone is 2. The third kappa shape index (κ3) is 2.77. The molecule has 156 valence electrons. The summed E-state index contributed by atoms with van der Waals surface area (Å²) in [4.78, 5) is 40.5. The van der Waals surface area contributed by atoms with E-state index in [1.54, 1.807) is 19.9 Å². The Morgan fingerprint density at radius 1 is 1.11 bits per heavy atom. The normalized spacial score (nSPS) is 38.1. The second-order valence-corrected chi connectivity index (χ2v) is 10.8. The molecule has 0 aromatic carbocycles. The van der Waals surface area contributed by atoms with Crippen LogP contribution in [0.25, 0.3) is 0 Å². The van der Waals surface area contributed by atoms with E-state index in [4.69, 9.17) is 9.47 Å². The first-order valence-electron chi connectivity index (χ1n) is 10.3. The lowest BCUT2D eigenvalue weighted by atomic mass is 9.43. The number of carbonyl (C=O) groups is 3. The third-order valence-corrected chi connectivity index (χ3v) is 7.08. The molecular formula is C23H34O5. The van der Waals surface area contributed by atoms with Gasteiger partial charge in [0.05, 0.1) is 17.1 Å². The molecule has 5 heteroatoms. The largest absolute Gasteiger partial charge is 0.344 e. The summed E-state index contributed by atoms with van der Waals surface area (Å²) in [5, 5.41) is 0. The molecule has 0 aromatic rings. The SMILES string of the molecule is CC(C)C(=O)[C@]12C(=O)C=C[C@](C[C@H]3OC(C)(C)OC3(C)C)(CCC1(C)C)C2=O. The molecule has 0 aromatic heterocycles. The van der Waals surface area contributed by atoms with Gasteiger partial charge in [-0.3, -0.25) is 14.4 Å². The molecule has 1 saturated carbocycles. The summed E-state index contributed by atoms with van der Waals surface area (Å²) in [5.41, 5.74) is -3.75. The molecule has 0 N–H and O–H groups in total. The van der Waals surface area contributed by atoms with Gasteiger partial charge in [-0.05, 0) is 58.4 Å². The number of carbonyl (C=O) groups excluding carboxylic acids is 3. The summed E-state index contributed by atoms with van der Waals surface area (Å²) in [6.07, 6.45) is 4.56. The number of fused-ring (bicyclic) bond motifs is 2. The van der Waals surface area contributed by atoms with Gasteiger partial charge in [-0.2, -0.15) is 0 Å². The van der Waals surface area contributed by atoms with Crippen LogP contribution < -0.4 is 0 Å². The Balaban J connectivity index is 2.09. The molecule has 1 heterocycles. The highest BCUT2D eigenvalue weighted by Gasteiger charge is 2.70. The summed E-state index contributed by atoms with van der Waals surface area (Å²) in [6, 6.07) is 0. The number of ether oxygens (including phenoxy) is 2. The molecule has 28 heavy (non-hydrogen) atoms. The van der Waals surface area contributed by atoms with E-state index in [0.717, 1.165) is 0 Å². The number of Topliss-reactive ketones (excluding diaryl/α,β-unsaturated/α-hetero) is 2. The van der Waals surface area contributed by atoms with Gasteiger partial charge in [0.25, 0.3) is 0 Å². The number of rotatable bonds is 4. The van der Waals surface area contributed by atoms with Crippen molar-refractivity contribution in [3.63, 3.8) is 0 Å². The van der Waals surface area contributed by atoms with E-state index < -0.39 is 33.6 Å². The van der Waals surface area contributed by atoms with E-state index in [2.05, 4.69) is 0 Å². The molecule has 2 bridgehead atoms. The monoisotopic (exact) mass is 390 g/mol. The van der Waals surface area contributed by atoms with Crippen LogP contribution in [0.1, 0.15) is 74.7 Å². The highest BCUT2D eigenvalue weighted by molar-refractivity contribution is 6.31. The van der Waals surface area contributed by atoms with Crippen LogP contribution >= 0.6 is 0 Å². The van der Waals surface area contributed by atoms with Crippen molar-refractivity contribution in [1.29, 1.82) is 0 Å². The smallest absolute Gasteiger partial charge is 0.177 e. The maximum Gasteiger partial charge on any atom is 0.177 e. The van der Waals surface area contributed by atoms with Gasteiger partial charge in [-0.25, -0.2) is 0 Å². The summed E-state index contributed by atoms with van der Waals surface area (Å²) >= 11 is 0. The summed E-state index contributed by atoms with van der Waals surface area (Å²) < 4.78 is 12.2. The van der Waals surface area contributed by atoms with Crippen LogP contribution in [-0.2, 0) is 23.9 Å². The Morgan fingerprint density at radius 2 is 1.71 bits per heavy atom. The molecule has 3 atom stereocenters. The van der Waals surface area contributed by atoms with Gasteiger partial charge in [0, 0.05) is 5.92 Å². The molecule has 0 spiro atoms. The molecular weight excluding hydrogens is 356 g/mol. The van der Waals surface area contributed by atoms with E-state index in [1.165, 1.54) is 6.08 Å². The molecule has 3 aliphatic rings. The quantitative estimate of drug-likeness (QED) is 0.678. The van der Waals surface area contributed by atoms with E-state index in [1.807, 2.05) is 41.5 Å². The molecule has 0 radical (unpaired) electrons. The topological polar surface area (TPSA) is 69.7 Å². The zero-order valence-corrected chi connectivity index (χ0v) is 18.5. The zero-order valence-electron chi connectivity index (χ0n) is 18.5. The minimum absolute atomic E-state index is 0.244.